The van der Waals surface area contributed by atoms with Crippen LogP contribution in [0.4, 0.5) is 11.4 Å². The Bertz CT molecular complexity index is 908. The van der Waals surface area contributed by atoms with Crippen LogP contribution in [-0.2, 0) is 21.4 Å². The quantitative estimate of drug-likeness (QED) is 0.740. The molecule has 1 aliphatic heterocycles. The lowest BCUT2D eigenvalue weighted by molar-refractivity contribution is -0.137. The number of benzene rings is 2. The van der Waals surface area contributed by atoms with Gasteiger partial charge in [-0.25, -0.2) is 0 Å². The second kappa shape index (κ2) is 8.15. The third-order valence-corrected chi connectivity index (χ3v) is 5.69. The third-order valence-electron chi connectivity index (χ3n) is 5.69. The summed E-state index contributed by atoms with van der Waals surface area (Å²) >= 11 is 0. The van der Waals surface area contributed by atoms with Gasteiger partial charge in [-0.3, -0.25) is 9.59 Å². The number of aryl methyl sites for hydroxylation is 1. The van der Waals surface area contributed by atoms with Crippen molar-refractivity contribution in [3.05, 3.63) is 53.6 Å². The fourth-order valence-corrected chi connectivity index (χ4v) is 3.98. The second-order valence-corrected chi connectivity index (χ2v) is 7.91. The lowest BCUT2D eigenvalue weighted by Crippen LogP contribution is -2.40. The minimum atomic E-state index is -1.02. The van der Waals surface area contributed by atoms with Gasteiger partial charge in [0.05, 0.1) is 12.5 Å². The molecule has 1 atom stereocenters. The van der Waals surface area contributed by atoms with Crippen LogP contribution in [0.5, 0.6) is 5.75 Å². The molecule has 0 saturated carbocycles. The topological polar surface area (TPSA) is 70.1 Å². The van der Waals surface area contributed by atoms with Crippen LogP contribution < -0.4 is 14.5 Å². The zero-order valence-corrected chi connectivity index (χ0v) is 17.4. The molecular formula is C23H28N2O4. The molecule has 0 spiro atoms. The molecule has 2 aromatic rings. The van der Waals surface area contributed by atoms with Crippen molar-refractivity contribution >= 4 is 23.3 Å². The van der Waals surface area contributed by atoms with E-state index in [4.69, 9.17) is 4.74 Å². The minimum Gasteiger partial charge on any atom is -0.497 e. The molecule has 0 bridgehead atoms. The third kappa shape index (κ3) is 4.06. The summed E-state index contributed by atoms with van der Waals surface area (Å²) in [6.45, 7) is 1.57. The number of carbonyl (C=O) groups is 2. The number of methoxy groups -OCH3 is 1. The van der Waals surface area contributed by atoms with Crippen molar-refractivity contribution in [3.8, 4) is 5.75 Å². The maximum absolute atomic E-state index is 13.2. The van der Waals surface area contributed by atoms with Crippen LogP contribution in [0.25, 0.3) is 0 Å². The van der Waals surface area contributed by atoms with Crippen LogP contribution in [0.2, 0.25) is 0 Å². The summed E-state index contributed by atoms with van der Waals surface area (Å²) in [5, 5.41) is 9.25. The van der Waals surface area contributed by atoms with Crippen molar-refractivity contribution in [2.75, 3.05) is 37.5 Å². The predicted molar refractivity (Wildman–Crippen MR) is 114 cm³/mol. The molecule has 0 aromatic heterocycles. The van der Waals surface area contributed by atoms with Gasteiger partial charge in [0.2, 0.25) is 5.91 Å². The molecule has 154 valence electrons. The number of nitrogens with zero attached hydrogens (tertiary/aromatic N) is 2. The summed E-state index contributed by atoms with van der Waals surface area (Å²) in [4.78, 5) is 27.9. The molecule has 1 heterocycles. The second-order valence-electron chi connectivity index (χ2n) is 7.91. The Morgan fingerprint density at radius 2 is 1.86 bits per heavy atom. The molecule has 3 rings (SSSR count). The van der Waals surface area contributed by atoms with E-state index in [-0.39, 0.29) is 12.5 Å². The van der Waals surface area contributed by atoms with Crippen molar-refractivity contribution in [3.63, 3.8) is 0 Å². The van der Waals surface area contributed by atoms with Gasteiger partial charge in [-0.15, -0.1) is 0 Å². The smallest absolute Gasteiger partial charge is 0.323 e. The van der Waals surface area contributed by atoms with Gasteiger partial charge in [0.1, 0.15) is 12.3 Å². The lowest BCUT2D eigenvalue weighted by Gasteiger charge is -2.24. The number of rotatable bonds is 8. The lowest BCUT2D eigenvalue weighted by atomic mass is 9.79. The van der Waals surface area contributed by atoms with E-state index in [1.165, 1.54) is 10.5 Å². The maximum atomic E-state index is 13.2. The Hall–Kier alpha value is -3.02. The number of fused-ring (bicyclic) bond motifs is 1. The van der Waals surface area contributed by atoms with E-state index in [1.54, 1.807) is 19.2 Å². The minimum absolute atomic E-state index is 0.161. The van der Waals surface area contributed by atoms with Gasteiger partial charge in [0, 0.05) is 25.5 Å². The Labute approximate surface area is 171 Å². The molecule has 6 nitrogen and oxygen atoms in total. The zero-order valence-electron chi connectivity index (χ0n) is 17.4. The van der Waals surface area contributed by atoms with E-state index in [9.17, 15) is 14.7 Å². The highest BCUT2D eigenvalue weighted by molar-refractivity contribution is 6.10. The Morgan fingerprint density at radius 1 is 1.17 bits per heavy atom. The molecular weight excluding hydrogens is 368 g/mol. The summed E-state index contributed by atoms with van der Waals surface area (Å²) in [6.07, 6.45) is 2.31. The largest absolute Gasteiger partial charge is 0.497 e. The van der Waals surface area contributed by atoms with Crippen molar-refractivity contribution in [1.82, 2.24) is 0 Å². The molecule has 29 heavy (non-hydrogen) atoms. The number of carboxylic acids is 1. The molecule has 1 unspecified atom stereocenters. The molecule has 2 aromatic carbocycles. The van der Waals surface area contributed by atoms with Crippen LogP contribution in [0.1, 0.15) is 30.9 Å². The molecule has 0 saturated heterocycles. The number of hydrogen-bond acceptors (Lipinski definition) is 4. The average Bonchev–Trinajstić information content (AvgIpc) is 2.89. The van der Waals surface area contributed by atoms with E-state index in [0.29, 0.717) is 17.9 Å². The number of amides is 1. The van der Waals surface area contributed by atoms with Crippen molar-refractivity contribution in [2.24, 2.45) is 0 Å². The molecule has 0 aliphatic carbocycles. The van der Waals surface area contributed by atoms with Gasteiger partial charge in [-0.1, -0.05) is 12.1 Å². The monoisotopic (exact) mass is 396 g/mol. The molecule has 0 fully saturated rings. The van der Waals surface area contributed by atoms with Gasteiger partial charge >= 0.3 is 5.97 Å². The highest BCUT2D eigenvalue weighted by Gasteiger charge is 2.47. The van der Waals surface area contributed by atoms with Gasteiger partial charge < -0.3 is 19.6 Å². The standard InChI is InChI=1S/C23H28N2O4/c1-23(13-5-6-16-7-9-17(10-8-16)24(2)3)19-14-18(29-4)11-12-20(19)25(22(23)28)15-21(26)27/h7-12,14H,5-6,13,15H2,1-4H3,(H,26,27). The van der Waals surface area contributed by atoms with Gasteiger partial charge in [0.15, 0.2) is 0 Å². The number of carbonyl (C=O) groups excluding carboxylic acids is 1. The SMILES string of the molecule is COc1ccc2c(c1)C(C)(CCCc1ccc(N(C)C)cc1)C(=O)N2CC(=O)O. The summed E-state index contributed by atoms with van der Waals surface area (Å²) < 4.78 is 5.34. The highest BCUT2D eigenvalue weighted by Crippen LogP contribution is 2.46. The first-order valence-corrected chi connectivity index (χ1v) is 9.75. The zero-order chi connectivity index (χ0) is 21.2. The van der Waals surface area contributed by atoms with Crippen LogP contribution in [0.3, 0.4) is 0 Å². The van der Waals surface area contributed by atoms with E-state index < -0.39 is 11.4 Å². The van der Waals surface area contributed by atoms with Crippen molar-refractivity contribution < 1.29 is 19.4 Å². The molecule has 1 N–H and O–H groups in total. The Morgan fingerprint density at radius 3 is 2.45 bits per heavy atom. The fraction of sp³-hybridized carbons (Fsp3) is 0.391. The highest BCUT2D eigenvalue weighted by atomic mass is 16.5. The summed E-state index contributed by atoms with van der Waals surface area (Å²) in [7, 11) is 5.61. The molecule has 1 amide bonds. The molecule has 6 heteroatoms. The maximum Gasteiger partial charge on any atom is 0.323 e. The molecule has 1 aliphatic rings. The Kier molecular flexibility index (Phi) is 5.82. The average molecular weight is 396 g/mol. The number of anilines is 2. The summed E-state index contributed by atoms with van der Waals surface area (Å²) in [6, 6.07) is 13.8. The summed E-state index contributed by atoms with van der Waals surface area (Å²) in [5.41, 5.74) is 3.11. The normalized spacial score (nSPS) is 17.9. The van der Waals surface area contributed by atoms with Crippen molar-refractivity contribution in [1.29, 1.82) is 0 Å². The number of hydrogen-bond donors (Lipinski definition) is 1. The van der Waals surface area contributed by atoms with Crippen LogP contribution in [0.15, 0.2) is 42.5 Å². The van der Waals surface area contributed by atoms with Crippen molar-refractivity contribution in [2.45, 2.75) is 31.6 Å². The first-order chi connectivity index (χ1) is 13.8. The van der Waals surface area contributed by atoms with E-state index in [0.717, 1.165) is 24.1 Å². The van der Waals surface area contributed by atoms with Gasteiger partial charge in [0.25, 0.3) is 0 Å². The van der Waals surface area contributed by atoms with Gasteiger partial charge in [-0.2, -0.15) is 0 Å². The molecule has 0 radical (unpaired) electrons. The number of carboxylic acid groups (broad SMARTS) is 1. The van der Waals surface area contributed by atoms with E-state index in [2.05, 4.69) is 29.2 Å². The number of ether oxygens (including phenoxy) is 1. The van der Waals surface area contributed by atoms with Crippen LogP contribution in [-0.4, -0.2) is 44.7 Å². The predicted octanol–water partition coefficient (Wildman–Crippen LogP) is 3.47. The van der Waals surface area contributed by atoms with E-state index >= 15 is 0 Å². The van der Waals surface area contributed by atoms with Crippen LogP contribution >= 0.6 is 0 Å². The Balaban J connectivity index is 1.80. The first kappa shape index (κ1) is 20.7. The van der Waals surface area contributed by atoms with Gasteiger partial charge in [-0.05, 0) is 67.6 Å². The van der Waals surface area contributed by atoms with Crippen LogP contribution in [0, 0.1) is 0 Å². The first-order valence-electron chi connectivity index (χ1n) is 9.75. The summed E-state index contributed by atoms with van der Waals surface area (Å²) in [5.74, 6) is -0.518. The fourth-order valence-electron chi connectivity index (χ4n) is 3.98. The van der Waals surface area contributed by atoms with E-state index in [1.807, 2.05) is 27.1 Å². The number of aliphatic carboxylic acids is 1.